The van der Waals surface area contributed by atoms with Crippen molar-refractivity contribution in [2.24, 2.45) is 0 Å². The first-order chi connectivity index (χ1) is 10.2. The zero-order chi connectivity index (χ0) is 15.0. The highest BCUT2D eigenvalue weighted by Crippen LogP contribution is 2.36. The summed E-state index contributed by atoms with van der Waals surface area (Å²) in [5.74, 6) is 0. The zero-order valence-corrected chi connectivity index (χ0v) is 13.3. The first-order valence-electron chi connectivity index (χ1n) is 8.12. The number of hydrogen-bond acceptors (Lipinski definition) is 2. The number of rotatable bonds is 5. The summed E-state index contributed by atoms with van der Waals surface area (Å²) in [6, 6.07) is 11.0. The Hall–Kier alpha value is -1.38. The van der Waals surface area contributed by atoms with Crippen LogP contribution in [0.25, 0.3) is 10.8 Å². The third-order valence-corrected chi connectivity index (χ3v) is 5.08. The average Bonchev–Trinajstić information content (AvgIpc) is 2.94. The van der Waals surface area contributed by atoms with Crippen LogP contribution in [-0.4, -0.2) is 29.1 Å². The molecule has 0 radical (unpaired) electrons. The summed E-state index contributed by atoms with van der Waals surface area (Å²) in [5, 5.41) is 13.6. The third-order valence-electron chi connectivity index (χ3n) is 5.08. The Morgan fingerprint density at radius 3 is 2.57 bits per heavy atom. The van der Waals surface area contributed by atoms with Crippen LogP contribution >= 0.6 is 0 Å². The van der Waals surface area contributed by atoms with Gasteiger partial charge in [-0.2, -0.15) is 0 Å². The number of nitrogens with zero attached hydrogens (tertiary/aromatic N) is 1. The molecule has 0 saturated heterocycles. The van der Waals surface area contributed by atoms with E-state index in [-0.39, 0.29) is 6.04 Å². The topological polar surface area (TPSA) is 23.5 Å². The molecule has 0 spiro atoms. The fourth-order valence-electron chi connectivity index (χ4n) is 3.82. The van der Waals surface area contributed by atoms with E-state index in [9.17, 15) is 5.11 Å². The predicted octanol–water partition coefficient (Wildman–Crippen LogP) is 3.70. The lowest BCUT2D eigenvalue weighted by atomic mass is 9.93. The van der Waals surface area contributed by atoms with Crippen LogP contribution < -0.4 is 0 Å². The van der Waals surface area contributed by atoms with E-state index in [1.165, 1.54) is 21.9 Å². The van der Waals surface area contributed by atoms with Gasteiger partial charge in [-0.1, -0.05) is 44.2 Å². The summed E-state index contributed by atoms with van der Waals surface area (Å²) in [6.07, 6.45) is 1.76. The summed E-state index contributed by atoms with van der Waals surface area (Å²) >= 11 is 0. The van der Waals surface area contributed by atoms with Gasteiger partial charge in [0, 0.05) is 6.04 Å². The molecule has 2 atom stereocenters. The van der Waals surface area contributed by atoms with Gasteiger partial charge in [0.25, 0.3) is 0 Å². The van der Waals surface area contributed by atoms with Gasteiger partial charge in [-0.3, -0.25) is 4.90 Å². The van der Waals surface area contributed by atoms with Gasteiger partial charge >= 0.3 is 0 Å². The second-order valence-electron chi connectivity index (χ2n) is 6.06. The maximum absolute atomic E-state index is 10.9. The van der Waals surface area contributed by atoms with Crippen molar-refractivity contribution in [1.29, 1.82) is 0 Å². The lowest BCUT2D eigenvalue weighted by Gasteiger charge is -2.31. The van der Waals surface area contributed by atoms with Gasteiger partial charge < -0.3 is 5.11 Å². The summed E-state index contributed by atoms with van der Waals surface area (Å²) in [4.78, 5) is 2.32. The average molecular weight is 283 g/mol. The van der Waals surface area contributed by atoms with Gasteiger partial charge in [0.15, 0.2) is 0 Å². The molecule has 0 aliphatic heterocycles. The second-order valence-corrected chi connectivity index (χ2v) is 6.06. The monoisotopic (exact) mass is 283 g/mol. The number of benzene rings is 2. The van der Waals surface area contributed by atoms with Crippen LogP contribution in [0.3, 0.4) is 0 Å². The van der Waals surface area contributed by atoms with Crippen LogP contribution in [0.2, 0.25) is 0 Å². The molecule has 2 heteroatoms. The molecule has 0 amide bonds. The molecule has 3 rings (SSSR count). The van der Waals surface area contributed by atoms with E-state index < -0.39 is 6.10 Å². The van der Waals surface area contributed by atoms with Crippen molar-refractivity contribution >= 4 is 10.8 Å². The Bertz CT molecular complexity index is 645. The summed E-state index contributed by atoms with van der Waals surface area (Å²) in [7, 11) is 0. The Morgan fingerprint density at radius 1 is 1.10 bits per heavy atom. The largest absolute Gasteiger partial charge is 0.387 e. The molecule has 1 N–H and O–H groups in total. The number of aliphatic hydroxyl groups excluding tert-OH is 1. The Balaban J connectivity index is 2.03. The predicted molar refractivity (Wildman–Crippen MR) is 88.7 cm³/mol. The van der Waals surface area contributed by atoms with Crippen LogP contribution in [0.1, 0.15) is 43.6 Å². The van der Waals surface area contributed by atoms with Crippen molar-refractivity contribution in [3.63, 3.8) is 0 Å². The minimum absolute atomic E-state index is 0.154. The van der Waals surface area contributed by atoms with Crippen molar-refractivity contribution in [3.8, 4) is 0 Å². The maximum Gasteiger partial charge on any atom is 0.0945 e. The molecule has 2 nitrogen and oxygen atoms in total. The van der Waals surface area contributed by atoms with E-state index in [1.54, 1.807) is 0 Å². The Labute approximate surface area is 127 Å². The van der Waals surface area contributed by atoms with E-state index in [2.05, 4.69) is 56.0 Å². The molecule has 2 aromatic carbocycles. The molecule has 2 aromatic rings. The van der Waals surface area contributed by atoms with E-state index in [1.807, 2.05) is 0 Å². The van der Waals surface area contributed by atoms with E-state index in [4.69, 9.17) is 0 Å². The normalized spacial score (nSPS) is 16.6. The highest BCUT2D eigenvalue weighted by molar-refractivity contribution is 5.91. The van der Waals surface area contributed by atoms with Gasteiger partial charge in [0.05, 0.1) is 6.10 Å². The van der Waals surface area contributed by atoms with Crippen molar-refractivity contribution in [2.45, 2.75) is 45.8 Å². The summed E-state index contributed by atoms with van der Waals surface area (Å²) in [5.41, 5.74) is 3.94. The van der Waals surface area contributed by atoms with Crippen molar-refractivity contribution in [3.05, 3.63) is 47.0 Å². The van der Waals surface area contributed by atoms with Crippen molar-refractivity contribution in [2.75, 3.05) is 13.1 Å². The minimum atomic E-state index is -0.407. The Morgan fingerprint density at radius 2 is 1.86 bits per heavy atom. The van der Waals surface area contributed by atoms with Gasteiger partial charge in [0.1, 0.15) is 0 Å². The number of hydrogen-bond donors (Lipinski definition) is 1. The maximum atomic E-state index is 10.9. The van der Waals surface area contributed by atoms with Gasteiger partial charge in [0.2, 0.25) is 0 Å². The van der Waals surface area contributed by atoms with Gasteiger partial charge in [-0.05, 0) is 60.3 Å². The Kier molecular flexibility index (Phi) is 4.01. The molecule has 21 heavy (non-hydrogen) atoms. The fourth-order valence-corrected chi connectivity index (χ4v) is 3.82. The molecule has 0 fully saturated rings. The van der Waals surface area contributed by atoms with E-state index in [0.717, 1.165) is 31.5 Å². The molecule has 0 unspecified atom stereocenters. The summed E-state index contributed by atoms with van der Waals surface area (Å²) < 4.78 is 0. The molecular weight excluding hydrogens is 258 g/mol. The molecule has 0 aromatic heterocycles. The van der Waals surface area contributed by atoms with Crippen LogP contribution in [0, 0.1) is 0 Å². The minimum Gasteiger partial charge on any atom is -0.387 e. The molecule has 112 valence electrons. The van der Waals surface area contributed by atoms with Crippen LogP contribution in [0.4, 0.5) is 0 Å². The number of likely N-dealkylation sites (N-methyl/N-ethyl adjacent to an activating group) is 1. The molecule has 0 saturated carbocycles. The fraction of sp³-hybridized carbons (Fsp3) is 0.474. The van der Waals surface area contributed by atoms with Crippen LogP contribution in [-0.2, 0) is 12.8 Å². The molecular formula is C19H25NO. The van der Waals surface area contributed by atoms with E-state index >= 15 is 0 Å². The molecule has 0 bridgehead atoms. The lowest BCUT2D eigenvalue weighted by Crippen LogP contribution is -2.37. The SMILES string of the molecule is CCN(CC)[C@@H](C)[C@H](O)c1ccc2cccc3c2c1CC3. The standard InChI is InChI=1S/C19H25NO/c1-4-20(5-2)13(3)19(21)17-12-10-15-8-6-7-14-9-11-16(17)18(14)15/h6-8,10,12-13,19,21H,4-5,9,11H2,1-3H3/t13-,19-/m0/s1. The molecule has 0 heterocycles. The number of aliphatic hydroxyl groups is 1. The van der Waals surface area contributed by atoms with Crippen molar-refractivity contribution in [1.82, 2.24) is 4.90 Å². The first kappa shape index (κ1) is 14.6. The highest BCUT2D eigenvalue weighted by atomic mass is 16.3. The van der Waals surface area contributed by atoms with Crippen molar-refractivity contribution < 1.29 is 5.11 Å². The second kappa shape index (κ2) is 5.78. The van der Waals surface area contributed by atoms with Crippen LogP contribution in [0.5, 0.6) is 0 Å². The molecule has 1 aliphatic rings. The van der Waals surface area contributed by atoms with Gasteiger partial charge in [-0.25, -0.2) is 0 Å². The first-order valence-corrected chi connectivity index (χ1v) is 8.12. The smallest absolute Gasteiger partial charge is 0.0945 e. The lowest BCUT2D eigenvalue weighted by molar-refractivity contribution is 0.0633. The molecule has 1 aliphatic carbocycles. The zero-order valence-electron chi connectivity index (χ0n) is 13.3. The quantitative estimate of drug-likeness (QED) is 0.904. The van der Waals surface area contributed by atoms with E-state index in [0.29, 0.717) is 0 Å². The van der Waals surface area contributed by atoms with Crippen LogP contribution in [0.15, 0.2) is 30.3 Å². The summed E-state index contributed by atoms with van der Waals surface area (Å²) in [6.45, 7) is 8.40. The number of aryl methyl sites for hydroxylation is 2. The van der Waals surface area contributed by atoms with Gasteiger partial charge in [-0.15, -0.1) is 0 Å². The third kappa shape index (κ3) is 2.37. The highest BCUT2D eigenvalue weighted by Gasteiger charge is 2.26.